The Kier molecular flexibility index (Phi) is 8.66. The van der Waals surface area contributed by atoms with Crippen LogP contribution in [0.3, 0.4) is 0 Å². The number of ether oxygens (including phenoxy) is 1. The number of alkyl halides is 3. The van der Waals surface area contributed by atoms with E-state index in [2.05, 4.69) is 15.2 Å². The number of carbonyl (C=O) groups is 2. The number of rotatable bonds is 6. The van der Waals surface area contributed by atoms with Crippen molar-refractivity contribution in [2.45, 2.75) is 12.7 Å². The largest absolute Gasteiger partial charge is 0.490 e. The van der Waals surface area contributed by atoms with E-state index in [-0.39, 0.29) is 12.4 Å². The van der Waals surface area contributed by atoms with E-state index in [0.29, 0.717) is 49.7 Å². The molecule has 1 aromatic carbocycles. The quantitative estimate of drug-likeness (QED) is 0.424. The molecule has 1 aliphatic rings. The highest BCUT2D eigenvalue weighted by Crippen LogP contribution is 2.27. The number of aliphatic carboxylic acids is 1. The lowest BCUT2D eigenvalue weighted by atomic mass is 10.1. The zero-order chi connectivity index (χ0) is 26.3. The third kappa shape index (κ3) is 7.29. The summed E-state index contributed by atoms with van der Waals surface area (Å²) in [7, 11) is 0. The van der Waals surface area contributed by atoms with E-state index >= 15 is 0 Å². The molecule has 1 aliphatic heterocycles. The van der Waals surface area contributed by atoms with Crippen molar-refractivity contribution in [3.8, 4) is 11.3 Å². The Hall–Kier alpha value is -3.91. The molecule has 192 valence electrons. The maximum atomic E-state index is 13.3. The molecule has 4 rings (SSSR count). The minimum atomic E-state index is -5.08. The number of primary amides is 1. The van der Waals surface area contributed by atoms with Gasteiger partial charge in [-0.05, 0) is 36.4 Å². The summed E-state index contributed by atoms with van der Waals surface area (Å²) in [6, 6.07) is 9.94. The van der Waals surface area contributed by atoms with Crippen molar-refractivity contribution < 1.29 is 37.0 Å². The number of carboxylic acid groups (broad SMARTS) is 1. The van der Waals surface area contributed by atoms with Crippen LogP contribution in [0.5, 0.6) is 0 Å². The number of morpholine rings is 1. The molecule has 3 aromatic rings. The van der Waals surface area contributed by atoms with Crippen molar-refractivity contribution >= 4 is 28.7 Å². The number of nitrogens with two attached hydrogens (primary N) is 1. The molecule has 0 unspecified atom stereocenters. The molecule has 3 heterocycles. The number of hydrogen-bond donors (Lipinski definition) is 3. The first-order valence-electron chi connectivity index (χ1n) is 10.6. The second-order valence-electron chi connectivity index (χ2n) is 7.51. The van der Waals surface area contributed by atoms with E-state index in [9.17, 15) is 22.4 Å². The lowest BCUT2D eigenvalue weighted by Gasteiger charge is -2.28. The van der Waals surface area contributed by atoms with Crippen LogP contribution >= 0.6 is 0 Å². The Morgan fingerprint density at radius 3 is 2.28 bits per heavy atom. The van der Waals surface area contributed by atoms with Gasteiger partial charge in [0.05, 0.1) is 37.5 Å². The molecule has 1 fully saturated rings. The van der Waals surface area contributed by atoms with Crippen LogP contribution in [0.2, 0.25) is 0 Å². The number of benzene rings is 1. The lowest BCUT2D eigenvalue weighted by molar-refractivity contribution is -0.192. The molecule has 1 amide bonds. The summed E-state index contributed by atoms with van der Waals surface area (Å²) < 4.78 is 50.5. The Balaban J connectivity index is 0.000000454. The molecule has 2 aromatic heterocycles. The Labute approximate surface area is 202 Å². The first-order valence-corrected chi connectivity index (χ1v) is 10.6. The van der Waals surface area contributed by atoms with Crippen molar-refractivity contribution in [2.24, 2.45) is 5.73 Å². The molecule has 1 saturated heterocycles. The Morgan fingerprint density at radius 1 is 1.06 bits per heavy atom. The lowest BCUT2D eigenvalue weighted by Crippen LogP contribution is -2.37. The summed E-state index contributed by atoms with van der Waals surface area (Å²) in [5, 5.41) is 10.1. The minimum absolute atomic E-state index is 0.0516. The predicted molar refractivity (Wildman–Crippen MR) is 120 cm³/mol. The average Bonchev–Trinajstić information content (AvgIpc) is 2.84. The maximum absolute atomic E-state index is 13.3. The van der Waals surface area contributed by atoms with Gasteiger partial charge in [-0.2, -0.15) is 13.2 Å². The number of fused-ring (bicyclic) bond motifs is 1. The molecule has 0 aliphatic carbocycles. The molecule has 14 heteroatoms. The number of hydrogen-bond acceptors (Lipinski definition) is 8. The number of amides is 1. The molecule has 0 spiro atoms. The van der Waals surface area contributed by atoms with Crippen molar-refractivity contribution in [1.82, 2.24) is 20.3 Å². The molecule has 0 atom stereocenters. The van der Waals surface area contributed by atoms with Crippen LogP contribution < -0.4 is 16.0 Å². The zero-order valence-corrected chi connectivity index (χ0v) is 18.8. The predicted octanol–water partition coefficient (Wildman–Crippen LogP) is 1.88. The van der Waals surface area contributed by atoms with Gasteiger partial charge in [0.15, 0.2) is 5.82 Å². The van der Waals surface area contributed by atoms with Crippen LogP contribution in [0.25, 0.3) is 22.3 Å². The van der Waals surface area contributed by atoms with E-state index in [0.717, 1.165) is 17.1 Å². The fourth-order valence-corrected chi connectivity index (χ4v) is 3.20. The van der Waals surface area contributed by atoms with Crippen molar-refractivity contribution in [3.05, 3.63) is 48.0 Å². The van der Waals surface area contributed by atoms with Gasteiger partial charge in [-0.15, -0.1) is 0 Å². The highest BCUT2D eigenvalue weighted by Gasteiger charge is 2.38. The standard InChI is InChI=1S/C20H21FN6O2.C2HF3O2/c21-14-3-1-13(2-4-14)15-5-6-16-19(25-15)20(27-7-9-29-10-8-27)26-18(24-16)12-23-11-17(22)28;3-2(4,5)1(6)7/h1-6,23H,7-12H2,(H2,22,28);(H,6,7). The van der Waals surface area contributed by atoms with Crippen LogP contribution in [0.4, 0.5) is 23.4 Å². The van der Waals surface area contributed by atoms with Gasteiger partial charge in [0.2, 0.25) is 5.91 Å². The third-order valence-electron chi connectivity index (χ3n) is 4.85. The van der Waals surface area contributed by atoms with Crippen LogP contribution in [0, 0.1) is 5.82 Å². The van der Waals surface area contributed by atoms with Gasteiger partial charge in [-0.25, -0.2) is 24.1 Å². The average molecular weight is 510 g/mol. The summed E-state index contributed by atoms with van der Waals surface area (Å²) in [5.74, 6) is -2.22. The number of aromatic nitrogens is 3. The van der Waals surface area contributed by atoms with Crippen LogP contribution in [-0.2, 0) is 20.9 Å². The second kappa shape index (κ2) is 11.7. The van der Waals surface area contributed by atoms with E-state index in [1.54, 1.807) is 12.1 Å². The molecule has 10 nitrogen and oxygen atoms in total. The van der Waals surface area contributed by atoms with Gasteiger partial charge in [0, 0.05) is 18.7 Å². The fourth-order valence-electron chi connectivity index (χ4n) is 3.20. The molecular formula is C22H22F4N6O4. The number of carboxylic acids is 1. The summed E-state index contributed by atoms with van der Waals surface area (Å²) >= 11 is 0. The van der Waals surface area contributed by atoms with Crippen LogP contribution in [0.15, 0.2) is 36.4 Å². The van der Waals surface area contributed by atoms with Gasteiger partial charge in [-0.3, -0.25) is 4.79 Å². The van der Waals surface area contributed by atoms with Crippen molar-refractivity contribution in [2.75, 3.05) is 37.7 Å². The highest BCUT2D eigenvalue weighted by molar-refractivity contribution is 5.88. The van der Waals surface area contributed by atoms with Gasteiger partial charge in [-0.1, -0.05) is 0 Å². The summed E-state index contributed by atoms with van der Waals surface area (Å²) in [5.41, 5.74) is 8.08. The molecule has 0 radical (unpaired) electrons. The SMILES string of the molecule is NC(=O)CNCc1nc(N2CCOCC2)c2nc(-c3ccc(F)cc3)ccc2n1.O=C(O)C(F)(F)F. The third-order valence-corrected chi connectivity index (χ3v) is 4.85. The number of halogens is 4. The van der Waals surface area contributed by atoms with Crippen LogP contribution in [0.1, 0.15) is 5.82 Å². The summed E-state index contributed by atoms with van der Waals surface area (Å²) in [4.78, 5) is 36.0. The fraction of sp³-hybridized carbons (Fsp3) is 0.318. The molecule has 36 heavy (non-hydrogen) atoms. The summed E-state index contributed by atoms with van der Waals surface area (Å²) in [6.45, 7) is 2.98. The van der Waals surface area contributed by atoms with Crippen molar-refractivity contribution in [1.29, 1.82) is 0 Å². The Bertz CT molecular complexity index is 1220. The summed E-state index contributed by atoms with van der Waals surface area (Å²) in [6.07, 6.45) is -5.08. The van der Waals surface area contributed by atoms with E-state index in [1.165, 1.54) is 12.1 Å². The van der Waals surface area contributed by atoms with E-state index in [1.807, 2.05) is 12.1 Å². The van der Waals surface area contributed by atoms with E-state index < -0.39 is 18.1 Å². The van der Waals surface area contributed by atoms with Gasteiger partial charge in [0.1, 0.15) is 17.2 Å². The normalized spacial score (nSPS) is 13.7. The zero-order valence-electron chi connectivity index (χ0n) is 18.8. The second-order valence-corrected chi connectivity index (χ2v) is 7.51. The highest BCUT2D eigenvalue weighted by atomic mass is 19.4. The van der Waals surface area contributed by atoms with Gasteiger partial charge < -0.3 is 25.8 Å². The first-order chi connectivity index (χ1) is 17.0. The molecule has 0 saturated carbocycles. The number of anilines is 1. The number of carbonyl (C=O) groups excluding carboxylic acids is 1. The monoisotopic (exact) mass is 510 g/mol. The van der Waals surface area contributed by atoms with Crippen molar-refractivity contribution in [3.63, 3.8) is 0 Å². The van der Waals surface area contributed by atoms with Gasteiger partial charge >= 0.3 is 12.1 Å². The topological polar surface area (TPSA) is 144 Å². The van der Waals surface area contributed by atoms with E-state index in [4.69, 9.17) is 30.3 Å². The van der Waals surface area contributed by atoms with Gasteiger partial charge in [0.25, 0.3) is 0 Å². The molecular weight excluding hydrogens is 488 g/mol. The maximum Gasteiger partial charge on any atom is 0.490 e. The smallest absolute Gasteiger partial charge is 0.475 e. The molecule has 4 N–H and O–H groups in total. The number of nitrogens with zero attached hydrogens (tertiary/aromatic N) is 4. The number of nitrogens with one attached hydrogen (secondary N) is 1. The molecule has 0 bridgehead atoms. The Morgan fingerprint density at radius 2 is 1.69 bits per heavy atom. The van der Waals surface area contributed by atoms with Crippen LogP contribution in [-0.4, -0.2) is 71.0 Å². The minimum Gasteiger partial charge on any atom is -0.475 e. The first kappa shape index (κ1) is 26.7. The number of pyridine rings is 1.